The first kappa shape index (κ1) is 14.5. The highest BCUT2D eigenvalue weighted by atomic mass is 79.9. The average molecular weight is 315 g/mol. The maximum absolute atomic E-state index is 11.9. The lowest BCUT2D eigenvalue weighted by Gasteiger charge is -2.14. The first-order valence-corrected chi connectivity index (χ1v) is 6.33. The SMILES string of the molecule is CCC[C@H](NC(=O)c1ccc(Br)cc1N)C(=O)O. The number of carboxylic acid groups (broad SMARTS) is 1. The van der Waals surface area contributed by atoms with Gasteiger partial charge in [0.2, 0.25) is 0 Å². The molecule has 6 heteroatoms. The first-order valence-electron chi connectivity index (χ1n) is 5.54. The number of nitrogens with two attached hydrogens (primary N) is 1. The molecule has 0 aliphatic heterocycles. The summed E-state index contributed by atoms with van der Waals surface area (Å²) in [7, 11) is 0. The topological polar surface area (TPSA) is 92.4 Å². The summed E-state index contributed by atoms with van der Waals surface area (Å²) in [4.78, 5) is 22.8. The van der Waals surface area contributed by atoms with Gasteiger partial charge in [-0.3, -0.25) is 4.79 Å². The second-order valence-corrected chi connectivity index (χ2v) is 4.80. The highest BCUT2D eigenvalue weighted by Crippen LogP contribution is 2.18. The van der Waals surface area contributed by atoms with Gasteiger partial charge in [0.05, 0.1) is 5.56 Å². The zero-order valence-corrected chi connectivity index (χ0v) is 11.5. The molecule has 18 heavy (non-hydrogen) atoms. The van der Waals surface area contributed by atoms with Crippen LogP contribution in [0.5, 0.6) is 0 Å². The van der Waals surface area contributed by atoms with Crippen LogP contribution in [0, 0.1) is 0 Å². The zero-order chi connectivity index (χ0) is 13.7. The van der Waals surface area contributed by atoms with Crippen molar-refractivity contribution < 1.29 is 14.7 Å². The van der Waals surface area contributed by atoms with Crippen molar-refractivity contribution in [3.05, 3.63) is 28.2 Å². The Bertz CT molecular complexity index is 463. The standard InChI is InChI=1S/C12H15BrN2O3/c1-2-3-10(12(17)18)15-11(16)8-5-4-7(13)6-9(8)14/h4-6,10H,2-3,14H2,1H3,(H,15,16)(H,17,18)/t10-/m0/s1. The number of hydrogen-bond acceptors (Lipinski definition) is 3. The Labute approximate surface area is 113 Å². The molecular weight excluding hydrogens is 300 g/mol. The van der Waals surface area contributed by atoms with E-state index in [2.05, 4.69) is 21.2 Å². The molecule has 0 unspecified atom stereocenters. The van der Waals surface area contributed by atoms with E-state index in [1.165, 1.54) is 0 Å². The monoisotopic (exact) mass is 314 g/mol. The van der Waals surface area contributed by atoms with Gasteiger partial charge in [0.25, 0.3) is 5.91 Å². The third-order valence-corrected chi connectivity index (χ3v) is 2.93. The van der Waals surface area contributed by atoms with E-state index in [1.807, 2.05) is 6.92 Å². The third kappa shape index (κ3) is 3.73. The van der Waals surface area contributed by atoms with Crippen LogP contribution in [0.2, 0.25) is 0 Å². The van der Waals surface area contributed by atoms with E-state index in [1.54, 1.807) is 18.2 Å². The third-order valence-electron chi connectivity index (χ3n) is 2.44. The lowest BCUT2D eigenvalue weighted by atomic mass is 10.1. The van der Waals surface area contributed by atoms with Crippen LogP contribution in [0.3, 0.4) is 0 Å². The largest absolute Gasteiger partial charge is 0.480 e. The maximum atomic E-state index is 11.9. The molecule has 1 aromatic rings. The molecular formula is C12H15BrN2O3. The minimum absolute atomic E-state index is 0.278. The van der Waals surface area contributed by atoms with Crippen molar-refractivity contribution >= 4 is 33.5 Å². The molecule has 0 aliphatic rings. The van der Waals surface area contributed by atoms with Crippen molar-refractivity contribution in [2.24, 2.45) is 0 Å². The van der Waals surface area contributed by atoms with Crippen LogP contribution in [-0.2, 0) is 4.79 Å². The number of benzene rings is 1. The lowest BCUT2D eigenvalue weighted by molar-refractivity contribution is -0.139. The highest BCUT2D eigenvalue weighted by molar-refractivity contribution is 9.10. The smallest absolute Gasteiger partial charge is 0.326 e. The summed E-state index contributed by atoms with van der Waals surface area (Å²) in [6, 6.07) is 3.95. The minimum atomic E-state index is -1.04. The summed E-state index contributed by atoms with van der Waals surface area (Å²) in [5.74, 6) is -1.51. The second kappa shape index (κ2) is 6.39. The summed E-state index contributed by atoms with van der Waals surface area (Å²) < 4.78 is 0.764. The fraction of sp³-hybridized carbons (Fsp3) is 0.333. The number of anilines is 1. The Kier molecular flexibility index (Phi) is 5.15. The van der Waals surface area contributed by atoms with E-state index in [0.29, 0.717) is 18.5 Å². The van der Waals surface area contributed by atoms with Gasteiger partial charge in [-0.1, -0.05) is 29.3 Å². The van der Waals surface area contributed by atoms with Crippen LogP contribution in [-0.4, -0.2) is 23.0 Å². The Morgan fingerprint density at radius 1 is 1.50 bits per heavy atom. The predicted molar refractivity (Wildman–Crippen MR) is 72.4 cm³/mol. The van der Waals surface area contributed by atoms with Gasteiger partial charge in [0.1, 0.15) is 6.04 Å². The van der Waals surface area contributed by atoms with Gasteiger partial charge in [-0.15, -0.1) is 0 Å². The molecule has 0 bridgehead atoms. The van der Waals surface area contributed by atoms with E-state index >= 15 is 0 Å². The number of rotatable bonds is 5. The molecule has 1 amide bonds. The molecule has 0 spiro atoms. The van der Waals surface area contributed by atoms with Gasteiger partial charge in [0, 0.05) is 10.2 Å². The van der Waals surface area contributed by atoms with Crippen LogP contribution < -0.4 is 11.1 Å². The number of hydrogen-bond donors (Lipinski definition) is 3. The maximum Gasteiger partial charge on any atom is 0.326 e. The summed E-state index contributed by atoms with van der Waals surface area (Å²) in [6.45, 7) is 1.86. The molecule has 98 valence electrons. The minimum Gasteiger partial charge on any atom is -0.480 e. The van der Waals surface area contributed by atoms with Crippen molar-refractivity contribution in [1.82, 2.24) is 5.32 Å². The summed E-state index contributed by atoms with van der Waals surface area (Å²) in [5, 5.41) is 11.4. The van der Waals surface area contributed by atoms with Gasteiger partial charge >= 0.3 is 5.97 Å². The molecule has 1 atom stereocenters. The molecule has 0 saturated carbocycles. The number of aliphatic carboxylic acids is 1. The van der Waals surface area contributed by atoms with Gasteiger partial charge in [-0.05, 0) is 24.6 Å². The van der Waals surface area contributed by atoms with Crippen LogP contribution in [0.15, 0.2) is 22.7 Å². The summed E-state index contributed by atoms with van der Waals surface area (Å²) in [6.07, 6.45) is 1.06. The fourth-order valence-electron chi connectivity index (χ4n) is 1.52. The summed E-state index contributed by atoms with van der Waals surface area (Å²) >= 11 is 3.24. The fourth-order valence-corrected chi connectivity index (χ4v) is 1.90. The number of carboxylic acids is 1. The normalized spacial score (nSPS) is 11.9. The molecule has 4 N–H and O–H groups in total. The summed E-state index contributed by atoms with van der Waals surface area (Å²) in [5.41, 5.74) is 6.30. The Hall–Kier alpha value is -1.56. The van der Waals surface area contributed by atoms with Crippen LogP contribution in [0.4, 0.5) is 5.69 Å². The van der Waals surface area contributed by atoms with Gasteiger partial charge in [-0.25, -0.2) is 4.79 Å². The number of nitrogens with one attached hydrogen (secondary N) is 1. The van der Waals surface area contributed by atoms with E-state index in [0.717, 1.165) is 4.47 Å². The van der Waals surface area contributed by atoms with E-state index < -0.39 is 17.9 Å². The van der Waals surface area contributed by atoms with Gasteiger partial charge < -0.3 is 16.2 Å². The first-order chi connectivity index (χ1) is 8.45. The molecule has 0 aliphatic carbocycles. The van der Waals surface area contributed by atoms with E-state index in [-0.39, 0.29) is 5.56 Å². The Balaban J connectivity index is 2.83. The van der Waals surface area contributed by atoms with Crippen LogP contribution in [0.25, 0.3) is 0 Å². The quantitative estimate of drug-likeness (QED) is 0.725. The van der Waals surface area contributed by atoms with Crippen LogP contribution >= 0.6 is 15.9 Å². The van der Waals surface area contributed by atoms with Gasteiger partial charge in [-0.2, -0.15) is 0 Å². The molecule has 0 heterocycles. The zero-order valence-electron chi connectivity index (χ0n) is 9.94. The van der Waals surface area contributed by atoms with Crippen molar-refractivity contribution in [2.45, 2.75) is 25.8 Å². The van der Waals surface area contributed by atoms with Crippen molar-refractivity contribution in [1.29, 1.82) is 0 Å². The molecule has 5 nitrogen and oxygen atoms in total. The molecule has 0 aromatic heterocycles. The van der Waals surface area contributed by atoms with Crippen LogP contribution in [0.1, 0.15) is 30.1 Å². The number of carbonyl (C=O) groups excluding carboxylic acids is 1. The predicted octanol–water partition coefficient (Wildman–Crippen LogP) is 2.01. The van der Waals surface area contributed by atoms with E-state index in [4.69, 9.17) is 10.8 Å². The molecule has 1 rings (SSSR count). The Morgan fingerprint density at radius 2 is 2.17 bits per heavy atom. The van der Waals surface area contributed by atoms with Crippen molar-refractivity contribution in [3.8, 4) is 0 Å². The molecule has 0 saturated heterocycles. The number of halogens is 1. The molecule has 0 radical (unpaired) electrons. The van der Waals surface area contributed by atoms with Crippen molar-refractivity contribution in [3.63, 3.8) is 0 Å². The molecule has 1 aromatic carbocycles. The van der Waals surface area contributed by atoms with Crippen molar-refractivity contribution in [2.75, 3.05) is 5.73 Å². The lowest BCUT2D eigenvalue weighted by Crippen LogP contribution is -2.40. The number of nitrogen functional groups attached to an aromatic ring is 1. The second-order valence-electron chi connectivity index (χ2n) is 3.88. The Morgan fingerprint density at radius 3 is 2.67 bits per heavy atom. The van der Waals surface area contributed by atoms with E-state index in [9.17, 15) is 9.59 Å². The average Bonchev–Trinajstić information content (AvgIpc) is 2.27. The number of amides is 1. The highest BCUT2D eigenvalue weighted by Gasteiger charge is 2.20. The number of carbonyl (C=O) groups is 2. The molecule has 0 fully saturated rings. The van der Waals surface area contributed by atoms with Gasteiger partial charge in [0.15, 0.2) is 0 Å².